The van der Waals surface area contributed by atoms with Crippen molar-refractivity contribution < 1.29 is 0 Å². The molecule has 0 radical (unpaired) electrons. The quantitative estimate of drug-likeness (QED) is 0.502. The number of aryl methyl sites for hydroxylation is 1. The molecule has 0 aliphatic carbocycles. The SMILES string of the molecule is CCCN(CCC)Cn1nc2n(CCC(C)C)c(=O)c3ccccc3n2c1=S. The van der Waals surface area contributed by atoms with Crippen LogP contribution in [0, 0.1) is 10.7 Å². The molecule has 6 nitrogen and oxygen atoms in total. The first-order chi connectivity index (χ1) is 13.5. The Balaban J connectivity index is 2.20. The van der Waals surface area contributed by atoms with Crippen molar-refractivity contribution in [3.05, 3.63) is 39.4 Å². The zero-order valence-corrected chi connectivity index (χ0v) is 18.2. The summed E-state index contributed by atoms with van der Waals surface area (Å²) < 4.78 is 6.26. The number of nitrogens with zero attached hydrogens (tertiary/aromatic N) is 5. The first-order valence-corrected chi connectivity index (χ1v) is 10.7. The summed E-state index contributed by atoms with van der Waals surface area (Å²) in [5, 5.41) is 5.49. The molecule has 7 heteroatoms. The van der Waals surface area contributed by atoms with Crippen molar-refractivity contribution in [2.75, 3.05) is 13.1 Å². The van der Waals surface area contributed by atoms with E-state index >= 15 is 0 Å². The number of benzene rings is 1. The fourth-order valence-corrected chi connectivity index (χ4v) is 3.90. The molecule has 0 bridgehead atoms. The summed E-state index contributed by atoms with van der Waals surface area (Å²) in [6.45, 7) is 12.0. The standard InChI is InChI=1S/C21H31N5OS/c1-5-12-23(13-6-2)15-25-21(28)26-18-10-8-7-9-17(18)19(27)24(20(26)22-25)14-11-16(3)4/h7-10,16H,5-6,11-15H2,1-4H3. The van der Waals surface area contributed by atoms with E-state index in [9.17, 15) is 4.79 Å². The molecule has 0 saturated carbocycles. The van der Waals surface area contributed by atoms with Crippen LogP contribution < -0.4 is 5.56 Å². The van der Waals surface area contributed by atoms with Gasteiger partial charge in [0.1, 0.15) is 0 Å². The molecule has 0 fully saturated rings. The van der Waals surface area contributed by atoms with Crippen LogP contribution in [0.3, 0.4) is 0 Å². The molecule has 2 heterocycles. The zero-order valence-electron chi connectivity index (χ0n) is 17.4. The average molecular weight is 402 g/mol. The number of aromatic nitrogens is 4. The van der Waals surface area contributed by atoms with Crippen LogP contribution in [0.5, 0.6) is 0 Å². The monoisotopic (exact) mass is 401 g/mol. The summed E-state index contributed by atoms with van der Waals surface area (Å²) in [5.74, 6) is 1.15. The Labute approximate surface area is 171 Å². The Morgan fingerprint density at radius 1 is 1.14 bits per heavy atom. The highest BCUT2D eigenvalue weighted by Gasteiger charge is 2.16. The van der Waals surface area contributed by atoms with E-state index in [4.69, 9.17) is 17.3 Å². The van der Waals surface area contributed by atoms with Gasteiger partial charge in [-0.25, -0.2) is 4.68 Å². The molecule has 0 saturated heterocycles. The van der Waals surface area contributed by atoms with Crippen LogP contribution >= 0.6 is 12.2 Å². The van der Waals surface area contributed by atoms with Crippen LogP contribution in [-0.2, 0) is 13.2 Å². The first kappa shape index (κ1) is 20.7. The van der Waals surface area contributed by atoms with Crippen LogP contribution in [0.15, 0.2) is 29.1 Å². The van der Waals surface area contributed by atoms with Gasteiger partial charge in [0.2, 0.25) is 10.5 Å². The fourth-order valence-electron chi connectivity index (χ4n) is 3.62. The number of para-hydroxylation sites is 1. The predicted octanol–water partition coefficient (Wildman–Crippen LogP) is 4.31. The molecule has 28 heavy (non-hydrogen) atoms. The van der Waals surface area contributed by atoms with Crippen LogP contribution in [0.1, 0.15) is 47.0 Å². The van der Waals surface area contributed by atoms with Crippen molar-refractivity contribution in [1.29, 1.82) is 0 Å². The van der Waals surface area contributed by atoms with Crippen molar-refractivity contribution in [3.8, 4) is 0 Å². The summed E-state index contributed by atoms with van der Waals surface area (Å²) in [5.41, 5.74) is 0.840. The van der Waals surface area contributed by atoms with E-state index in [-0.39, 0.29) is 5.56 Å². The van der Waals surface area contributed by atoms with E-state index in [1.807, 2.05) is 33.3 Å². The Hall–Kier alpha value is -1.99. The molecule has 0 atom stereocenters. The molecule has 0 amide bonds. The largest absolute Gasteiger partial charge is 0.284 e. The lowest BCUT2D eigenvalue weighted by Gasteiger charge is -2.20. The van der Waals surface area contributed by atoms with E-state index in [2.05, 4.69) is 32.6 Å². The lowest BCUT2D eigenvalue weighted by atomic mass is 10.1. The molecule has 0 aliphatic heterocycles. The maximum Gasteiger partial charge on any atom is 0.262 e. The predicted molar refractivity (Wildman–Crippen MR) is 117 cm³/mol. The Morgan fingerprint density at radius 2 is 1.82 bits per heavy atom. The number of rotatable bonds is 9. The molecule has 0 unspecified atom stereocenters. The molecular weight excluding hydrogens is 370 g/mol. The molecule has 152 valence electrons. The minimum atomic E-state index is 0.00914. The topological polar surface area (TPSA) is 47.5 Å². The summed E-state index contributed by atoms with van der Waals surface area (Å²) in [4.78, 5) is 15.5. The highest BCUT2D eigenvalue weighted by molar-refractivity contribution is 7.71. The van der Waals surface area contributed by atoms with Crippen molar-refractivity contribution in [1.82, 2.24) is 23.6 Å². The van der Waals surface area contributed by atoms with Gasteiger partial charge in [-0.3, -0.25) is 18.7 Å². The van der Waals surface area contributed by atoms with Crippen molar-refractivity contribution in [2.45, 2.75) is 60.2 Å². The van der Waals surface area contributed by atoms with Gasteiger partial charge in [0.25, 0.3) is 5.56 Å². The molecular formula is C21H31N5OS. The lowest BCUT2D eigenvalue weighted by molar-refractivity contribution is 0.206. The molecule has 3 rings (SSSR count). The van der Waals surface area contributed by atoms with Gasteiger partial charge < -0.3 is 0 Å². The third-order valence-corrected chi connectivity index (χ3v) is 5.42. The zero-order chi connectivity index (χ0) is 20.3. The average Bonchev–Trinajstić information content (AvgIpc) is 2.98. The van der Waals surface area contributed by atoms with Gasteiger partial charge in [0, 0.05) is 6.54 Å². The van der Waals surface area contributed by atoms with Crippen molar-refractivity contribution >= 4 is 28.9 Å². The van der Waals surface area contributed by atoms with Gasteiger partial charge in [0.05, 0.1) is 17.6 Å². The molecule has 2 aromatic heterocycles. The van der Waals surface area contributed by atoms with Gasteiger partial charge in [0.15, 0.2) is 0 Å². The van der Waals surface area contributed by atoms with Gasteiger partial charge >= 0.3 is 0 Å². The Kier molecular flexibility index (Phi) is 6.67. The van der Waals surface area contributed by atoms with Crippen molar-refractivity contribution in [2.24, 2.45) is 5.92 Å². The van der Waals surface area contributed by atoms with Gasteiger partial charge in [-0.15, -0.1) is 5.10 Å². The summed E-state index contributed by atoms with van der Waals surface area (Å²) >= 11 is 5.80. The molecule has 1 aromatic carbocycles. The van der Waals surface area contributed by atoms with Gasteiger partial charge in [-0.2, -0.15) is 0 Å². The summed E-state index contributed by atoms with van der Waals surface area (Å²) in [7, 11) is 0. The Bertz CT molecular complexity index is 1060. The normalized spacial score (nSPS) is 12.1. The Morgan fingerprint density at radius 3 is 2.46 bits per heavy atom. The molecule has 0 spiro atoms. The maximum absolute atomic E-state index is 13.2. The third-order valence-electron chi connectivity index (χ3n) is 5.03. The smallest absolute Gasteiger partial charge is 0.262 e. The second kappa shape index (κ2) is 9.01. The molecule has 3 aromatic rings. The van der Waals surface area contributed by atoms with Crippen LogP contribution in [0.25, 0.3) is 16.7 Å². The highest BCUT2D eigenvalue weighted by Crippen LogP contribution is 2.16. The van der Waals surface area contributed by atoms with Crippen LogP contribution in [-0.4, -0.2) is 36.7 Å². The fraction of sp³-hybridized carbons (Fsp3) is 0.571. The summed E-state index contributed by atoms with van der Waals surface area (Å²) in [6, 6.07) is 7.68. The second-order valence-electron chi connectivity index (χ2n) is 7.83. The number of fused-ring (bicyclic) bond motifs is 3. The second-order valence-corrected chi connectivity index (χ2v) is 8.20. The van der Waals surface area contributed by atoms with E-state index in [0.717, 1.165) is 37.9 Å². The molecule has 0 aliphatic rings. The van der Waals surface area contributed by atoms with Crippen LogP contribution in [0.2, 0.25) is 0 Å². The van der Waals surface area contributed by atoms with E-state index in [1.54, 1.807) is 4.57 Å². The lowest BCUT2D eigenvalue weighted by Crippen LogP contribution is -2.28. The third kappa shape index (κ3) is 4.05. The van der Waals surface area contributed by atoms with Gasteiger partial charge in [-0.05, 0) is 62.6 Å². The van der Waals surface area contributed by atoms with E-state index in [0.29, 0.717) is 35.1 Å². The number of hydrogen-bond donors (Lipinski definition) is 0. The highest BCUT2D eigenvalue weighted by atomic mass is 32.1. The van der Waals surface area contributed by atoms with E-state index < -0.39 is 0 Å². The minimum absolute atomic E-state index is 0.00914. The number of hydrogen-bond acceptors (Lipinski definition) is 4. The van der Waals surface area contributed by atoms with Crippen LogP contribution in [0.4, 0.5) is 0 Å². The van der Waals surface area contributed by atoms with Gasteiger partial charge in [-0.1, -0.05) is 39.8 Å². The van der Waals surface area contributed by atoms with Crippen molar-refractivity contribution in [3.63, 3.8) is 0 Å². The summed E-state index contributed by atoms with van der Waals surface area (Å²) in [6.07, 6.45) is 3.09. The first-order valence-electron chi connectivity index (χ1n) is 10.3. The molecule has 0 N–H and O–H groups in total. The van der Waals surface area contributed by atoms with E-state index in [1.165, 1.54) is 0 Å². The minimum Gasteiger partial charge on any atom is -0.284 e. The maximum atomic E-state index is 13.2.